The van der Waals surface area contributed by atoms with Gasteiger partial charge in [0.15, 0.2) is 0 Å². The van der Waals surface area contributed by atoms with Crippen molar-refractivity contribution in [2.75, 3.05) is 6.61 Å². The lowest BCUT2D eigenvalue weighted by Crippen LogP contribution is -2.35. The fourth-order valence-corrected chi connectivity index (χ4v) is 1.64. The molecule has 1 aliphatic heterocycles. The molecule has 3 nitrogen and oxygen atoms in total. The van der Waals surface area contributed by atoms with Gasteiger partial charge in [-0.05, 0) is 6.42 Å². The summed E-state index contributed by atoms with van der Waals surface area (Å²) in [7, 11) is 1.89. The molecule has 0 saturated carbocycles. The monoisotopic (exact) mass is 182 g/mol. The van der Waals surface area contributed by atoms with Crippen molar-refractivity contribution in [2.45, 2.75) is 37.7 Å². The van der Waals surface area contributed by atoms with E-state index >= 15 is 0 Å². The van der Waals surface area contributed by atoms with E-state index in [1.807, 2.05) is 14.8 Å². The van der Waals surface area contributed by atoms with Crippen molar-refractivity contribution < 1.29 is 14.6 Å². The van der Waals surface area contributed by atoms with Crippen LogP contribution in [0.4, 0.5) is 0 Å². The molecule has 4 heteroatoms. The van der Waals surface area contributed by atoms with Gasteiger partial charge in [-0.15, -0.1) is 6.42 Å². The maximum Gasteiger partial charge on any atom is 0.142 e. The van der Waals surface area contributed by atoms with E-state index in [1.165, 1.54) is 0 Å². The Hall–Kier alpha value is -0.495. The molecule has 1 fully saturated rings. The highest BCUT2D eigenvalue weighted by atomic mass is 16.6. The zero-order chi connectivity index (χ0) is 9.84. The van der Waals surface area contributed by atoms with Gasteiger partial charge in [0.1, 0.15) is 26.7 Å². The Labute approximate surface area is 79.8 Å². The minimum Gasteiger partial charge on any atom is -0.388 e. The highest BCUT2D eigenvalue weighted by Gasteiger charge is 2.40. The fourth-order valence-electron chi connectivity index (χ4n) is 1.64. The number of terminal acetylenes is 1. The molecule has 0 aliphatic carbocycles. The Bertz CT molecular complexity index is 202. The molecular weight excluding hydrogens is 167 g/mol. The molecule has 0 aromatic carbocycles. The summed E-state index contributed by atoms with van der Waals surface area (Å²) >= 11 is 0. The third-order valence-electron chi connectivity index (χ3n) is 2.33. The van der Waals surface area contributed by atoms with Gasteiger partial charge in [-0.1, -0.05) is 12.8 Å². The Balaban J connectivity index is 2.49. The number of aliphatic hydroxyl groups is 1. The van der Waals surface area contributed by atoms with Crippen LogP contribution in [0.3, 0.4) is 0 Å². The summed E-state index contributed by atoms with van der Waals surface area (Å²) in [6, 6.07) is -0.0756. The molecule has 1 aliphatic rings. The van der Waals surface area contributed by atoms with Crippen LogP contribution in [0.5, 0.6) is 0 Å². The van der Waals surface area contributed by atoms with E-state index in [9.17, 15) is 5.11 Å². The minimum absolute atomic E-state index is 0.0756. The van der Waals surface area contributed by atoms with Gasteiger partial charge in [0.05, 0.1) is 12.1 Å². The summed E-state index contributed by atoms with van der Waals surface area (Å²) < 4.78 is 10.8. The molecule has 0 amide bonds. The molecule has 0 aromatic rings. The van der Waals surface area contributed by atoms with Crippen LogP contribution < -0.4 is 0 Å². The van der Waals surface area contributed by atoms with Gasteiger partial charge in [-0.3, -0.25) is 0 Å². The van der Waals surface area contributed by atoms with Gasteiger partial charge in [-0.2, -0.15) is 0 Å². The first-order valence-electron chi connectivity index (χ1n) is 4.59. The van der Waals surface area contributed by atoms with E-state index in [4.69, 9.17) is 15.9 Å². The van der Waals surface area contributed by atoms with Crippen molar-refractivity contribution in [2.24, 2.45) is 0 Å². The second kappa shape index (κ2) is 4.66. The Morgan fingerprint density at radius 3 is 2.85 bits per heavy atom. The molecule has 0 spiro atoms. The second-order valence-electron chi connectivity index (χ2n) is 3.26. The summed E-state index contributed by atoms with van der Waals surface area (Å²) in [6.45, 7) is 2.20. The predicted molar refractivity (Wildman–Crippen MR) is 52.1 cm³/mol. The van der Waals surface area contributed by atoms with Gasteiger partial charge in [0.2, 0.25) is 0 Å². The summed E-state index contributed by atoms with van der Waals surface area (Å²) in [5, 5.41) is 9.73. The Morgan fingerprint density at radius 2 is 2.38 bits per heavy atom. The van der Waals surface area contributed by atoms with Gasteiger partial charge < -0.3 is 14.6 Å². The van der Waals surface area contributed by atoms with Crippen LogP contribution in [0.25, 0.3) is 0 Å². The van der Waals surface area contributed by atoms with Gasteiger partial charge in [0.25, 0.3) is 0 Å². The van der Waals surface area contributed by atoms with Crippen molar-refractivity contribution in [1.82, 2.24) is 0 Å². The number of rotatable bonds is 3. The topological polar surface area (TPSA) is 38.7 Å². The molecule has 0 bridgehead atoms. The van der Waals surface area contributed by atoms with E-state index in [-0.39, 0.29) is 24.8 Å². The highest BCUT2D eigenvalue weighted by molar-refractivity contribution is 6.11. The minimum atomic E-state index is -0.548. The number of hydrogen-bond donors (Lipinski definition) is 1. The van der Waals surface area contributed by atoms with Gasteiger partial charge in [0, 0.05) is 0 Å². The lowest BCUT2D eigenvalue weighted by atomic mass is 9.92. The SMILES string of the molecule is B[C@@H]1O[C@H](CC)[C@H](O)C1OCC#C. The van der Waals surface area contributed by atoms with Crippen LogP contribution in [0.1, 0.15) is 13.3 Å². The maximum atomic E-state index is 9.73. The molecule has 13 heavy (non-hydrogen) atoms. The van der Waals surface area contributed by atoms with Crippen molar-refractivity contribution in [3.63, 3.8) is 0 Å². The third kappa shape index (κ3) is 2.25. The van der Waals surface area contributed by atoms with Crippen LogP contribution >= 0.6 is 0 Å². The molecular formula is C9H15BO3. The van der Waals surface area contributed by atoms with E-state index in [0.717, 1.165) is 6.42 Å². The Morgan fingerprint density at radius 1 is 1.69 bits per heavy atom. The normalized spacial score (nSPS) is 38.8. The van der Waals surface area contributed by atoms with Crippen molar-refractivity contribution >= 4 is 7.85 Å². The fraction of sp³-hybridized carbons (Fsp3) is 0.778. The zero-order valence-corrected chi connectivity index (χ0v) is 8.06. The number of ether oxygens (including phenoxy) is 2. The predicted octanol–water partition coefficient (Wildman–Crippen LogP) is -0.866. The number of aliphatic hydroxyl groups excluding tert-OH is 1. The van der Waals surface area contributed by atoms with Crippen LogP contribution in [0, 0.1) is 12.3 Å². The van der Waals surface area contributed by atoms with Crippen molar-refractivity contribution in [1.29, 1.82) is 0 Å². The van der Waals surface area contributed by atoms with Crippen LogP contribution in [-0.2, 0) is 9.47 Å². The summed E-state index contributed by atoms with van der Waals surface area (Å²) in [4.78, 5) is 0. The lowest BCUT2D eigenvalue weighted by molar-refractivity contribution is -0.00872. The summed E-state index contributed by atoms with van der Waals surface area (Å²) in [6.07, 6.45) is 4.92. The van der Waals surface area contributed by atoms with E-state index < -0.39 is 6.10 Å². The molecule has 1 heterocycles. The largest absolute Gasteiger partial charge is 0.388 e. The molecule has 1 unspecified atom stereocenters. The van der Waals surface area contributed by atoms with Crippen molar-refractivity contribution in [3.8, 4) is 12.3 Å². The average Bonchev–Trinajstić information content (AvgIpc) is 2.39. The van der Waals surface area contributed by atoms with Crippen molar-refractivity contribution in [3.05, 3.63) is 0 Å². The molecule has 0 aromatic heterocycles. The van der Waals surface area contributed by atoms with E-state index in [0.29, 0.717) is 0 Å². The van der Waals surface area contributed by atoms with Gasteiger partial charge >= 0.3 is 0 Å². The molecule has 4 atom stereocenters. The smallest absolute Gasteiger partial charge is 0.142 e. The first-order chi connectivity index (χ1) is 6.20. The molecule has 1 rings (SSSR count). The molecule has 72 valence electrons. The maximum absolute atomic E-state index is 9.73. The van der Waals surface area contributed by atoms with E-state index in [2.05, 4.69) is 5.92 Å². The second-order valence-corrected chi connectivity index (χ2v) is 3.26. The molecule has 0 radical (unpaired) electrons. The van der Waals surface area contributed by atoms with Crippen LogP contribution in [0.2, 0.25) is 0 Å². The highest BCUT2D eigenvalue weighted by Crippen LogP contribution is 2.23. The Kier molecular flexibility index (Phi) is 3.79. The molecule has 1 N–H and O–H groups in total. The third-order valence-corrected chi connectivity index (χ3v) is 2.33. The van der Waals surface area contributed by atoms with E-state index in [1.54, 1.807) is 0 Å². The zero-order valence-electron chi connectivity index (χ0n) is 8.06. The summed E-state index contributed by atoms with van der Waals surface area (Å²) in [5.74, 6) is 2.38. The standard InChI is InChI=1S/C9H15BO3/c1-3-5-12-8-7(11)6(4-2)13-9(8)10/h1,6-9,11H,4-5,10H2,2H3/t6-,7+,8?,9-/m1/s1. The molecule has 1 saturated heterocycles. The lowest BCUT2D eigenvalue weighted by Gasteiger charge is -2.17. The average molecular weight is 182 g/mol. The van der Waals surface area contributed by atoms with Crippen LogP contribution in [-0.4, -0.2) is 43.9 Å². The summed E-state index contributed by atoms with van der Waals surface area (Å²) in [5.41, 5.74) is 0. The van der Waals surface area contributed by atoms with Gasteiger partial charge in [-0.25, -0.2) is 0 Å². The number of hydrogen-bond acceptors (Lipinski definition) is 3. The first-order valence-corrected chi connectivity index (χ1v) is 4.59. The van der Waals surface area contributed by atoms with Crippen LogP contribution in [0.15, 0.2) is 0 Å². The quantitative estimate of drug-likeness (QED) is 0.455. The first kappa shape index (κ1) is 10.6.